The zero-order valence-electron chi connectivity index (χ0n) is 9.88. The maximum absolute atomic E-state index is 12.4. The summed E-state index contributed by atoms with van der Waals surface area (Å²) >= 11 is 0. The van der Waals surface area contributed by atoms with Crippen LogP contribution in [0.15, 0.2) is 9.42 Å². The third kappa shape index (κ3) is 2.22. The highest BCUT2D eigenvalue weighted by Crippen LogP contribution is 2.25. The summed E-state index contributed by atoms with van der Waals surface area (Å²) in [5.41, 5.74) is 0.363. The van der Waals surface area contributed by atoms with Crippen molar-refractivity contribution in [2.75, 3.05) is 13.1 Å². The number of nitrogens with zero attached hydrogens (tertiary/aromatic N) is 2. The molecule has 1 aromatic rings. The van der Waals surface area contributed by atoms with Crippen LogP contribution in [-0.2, 0) is 10.0 Å². The van der Waals surface area contributed by atoms with E-state index in [1.54, 1.807) is 13.8 Å². The van der Waals surface area contributed by atoms with Crippen LogP contribution in [-0.4, -0.2) is 42.2 Å². The summed E-state index contributed by atoms with van der Waals surface area (Å²) < 4.78 is 30.9. The molecule has 1 saturated heterocycles. The molecule has 0 amide bonds. The number of aliphatic hydroxyl groups is 1. The van der Waals surface area contributed by atoms with Crippen molar-refractivity contribution in [3.05, 3.63) is 11.5 Å². The number of hydrogen-bond donors (Lipinski definition) is 1. The molecule has 0 spiro atoms. The topological polar surface area (TPSA) is 83.6 Å². The lowest BCUT2D eigenvalue weighted by Gasteiger charge is -2.28. The van der Waals surface area contributed by atoms with E-state index in [1.807, 2.05) is 0 Å². The lowest BCUT2D eigenvalue weighted by atomic mass is 10.1. The number of piperidine rings is 1. The highest BCUT2D eigenvalue weighted by Gasteiger charge is 2.33. The van der Waals surface area contributed by atoms with E-state index < -0.39 is 16.1 Å². The molecule has 1 aliphatic rings. The molecule has 0 aromatic carbocycles. The number of aromatic nitrogens is 1. The second-order valence-corrected chi connectivity index (χ2v) is 6.19. The molecule has 1 atom stereocenters. The van der Waals surface area contributed by atoms with Gasteiger partial charge in [0.15, 0.2) is 5.76 Å². The molecule has 2 heterocycles. The Bertz CT molecular complexity index is 489. The van der Waals surface area contributed by atoms with Crippen molar-refractivity contribution >= 4 is 10.0 Å². The van der Waals surface area contributed by atoms with Gasteiger partial charge in [-0.1, -0.05) is 5.16 Å². The average molecular weight is 260 g/mol. The Morgan fingerprint density at radius 3 is 2.71 bits per heavy atom. The number of aliphatic hydroxyl groups excluding tert-OH is 1. The molecule has 1 N–H and O–H groups in total. The van der Waals surface area contributed by atoms with Gasteiger partial charge in [0.1, 0.15) is 10.6 Å². The van der Waals surface area contributed by atoms with Crippen LogP contribution in [0.3, 0.4) is 0 Å². The molecule has 6 nitrogen and oxygen atoms in total. The Morgan fingerprint density at radius 2 is 2.18 bits per heavy atom. The summed E-state index contributed by atoms with van der Waals surface area (Å²) in [6.45, 7) is 3.76. The highest BCUT2D eigenvalue weighted by atomic mass is 32.2. The minimum Gasteiger partial charge on any atom is -0.392 e. The van der Waals surface area contributed by atoms with Gasteiger partial charge in [-0.2, -0.15) is 4.31 Å². The van der Waals surface area contributed by atoms with E-state index in [0.29, 0.717) is 30.8 Å². The largest absolute Gasteiger partial charge is 0.392 e. The van der Waals surface area contributed by atoms with E-state index in [-0.39, 0.29) is 11.4 Å². The van der Waals surface area contributed by atoms with Gasteiger partial charge in [0.2, 0.25) is 10.0 Å². The molecule has 0 saturated carbocycles. The van der Waals surface area contributed by atoms with E-state index in [1.165, 1.54) is 4.31 Å². The molecule has 1 fully saturated rings. The van der Waals surface area contributed by atoms with Gasteiger partial charge in [0, 0.05) is 13.1 Å². The molecular formula is C10H16N2O4S. The first-order valence-corrected chi connectivity index (χ1v) is 6.98. The van der Waals surface area contributed by atoms with Crippen LogP contribution in [0.1, 0.15) is 24.3 Å². The monoisotopic (exact) mass is 260 g/mol. The van der Waals surface area contributed by atoms with Gasteiger partial charge in [-0.3, -0.25) is 0 Å². The maximum atomic E-state index is 12.4. The number of hydrogen-bond acceptors (Lipinski definition) is 5. The van der Waals surface area contributed by atoms with Gasteiger partial charge in [0.05, 0.1) is 6.10 Å². The van der Waals surface area contributed by atoms with E-state index in [2.05, 4.69) is 5.16 Å². The number of β-amino-alcohol motifs (C(OH)–C–C–N with tert-alkyl or cyclic N) is 1. The SMILES string of the molecule is Cc1noc(C)c1S(=O)(=O)N1CCC[C@H](O)C1. The lowest BCUT2D eigenvalue weighted by Crippen LogP contribution is -2.42. The Kier molecular flexibility index (Phi) is 3.24. The van der Waals surface area contributed by atoms with Crippen LogP contribution in [0.5, 0.6) is 0 Å². The van der Waals surface area contributed by atoms with Crippen molar-refractivity contribution < 1.29 is 18.0 Å². The van der Waals surface area contributed by atoms with Crippen molar-refractivity contribution in [2.45, 2.75) is 37.7 Å². The van der Waals surface area contributed by atoms with Crippen LogP contribution in [0.4, 0.5) is 0 Å². The Balaban J connectivity index is 2.36. The molecular weight excluding hydrogens is 244 g/mol. The van der Waals surface area contributed by atoms with Crippen LogP contribution >= 0.6 is 0 Å². The predicted octanol–water partition coefficient (Wildman–Crippen LogP) is 0.437. The first-order chi connectivity index (χ1) is 7.93. The van der Waals surface area contributed by atoms with Gasteiger partial charge in [-0.05, 0) is 26.7 Å². The van der Waals surface area contributed by atoms with Crippen molar-refractivity contribution in [2.24, 2.45) is 0 Å². The normalized spacial score (nSPS) is 22.9. The molecule has 0 unspecified atom stereocenters. The Morgan fingerprint density at radius 1 is 1.47 bits per heavy atom. The molecule has 1 aliphatic heterocycles. The smallest absolute Gasteiger partial charge is 0.248 e. The first-order valence-electron chi connectivity index (χ1n) is 5.54. The van der Waals surface area contributed by atoms with Crippen molar-refractivity contribution in [3.8, 4) is 0 Å². The van der Waals surface area contributed by atoms with Crippen molar-refractivity contribution in [3.63, 3.8) is 0 Å². The van der Waals surface area contributed by atoms with Crippen LogP contribution in [0.25, 0.3) is 0 Å². The molecule has 7 heteroatoms. The quantitative estimate of drug-likeness (QED) is 0.834. The molecule has 0 radical (unpaired) electrons. The number of rotatable bonds is 2. The summed E-state index contributed by atoms with van der Waals surface area (Å²) in [4.78, 5) is 0.131. The average Bonchev–Trinajstić information content (AvgIpc) is 2.59. The minimum atomic E-state index is -3.60. The Labute approximate surface area is 100 Å². The third-order valence-electron chi connectivity index (χ3n) is 2.92. The van der Waals surface area contributed by atoms with E-state index in [9.17, 15) is 13.5 Å². The van der Waals surface area contributed by atoms with Crippen LogP contribution in [0.2, 0.25) is 0 Å². The van der Waals surface area contributed by atoms with E-state index >= 15 is 0 Å². The number of aryl methyl sites for hydroxylation is 2. The van der Waals surface area contributed by atoms with Gasteiger partial charge < -0.3 is 9.63 Å². The summed E-state index contributed by atoms with van der Waals surface area (Å²) in [5.74, 6) is 0.294. The second kappa shape index (κ2) is 4.40. The molecule has 1 aromatic heterocycles. The van der Waals surface area contributed by atoms with Crippen LogP contribution < -0.4 is 0 Å². The van der Waals surface area contributed by atoms with Gasteiger partial charge in [-0.15, -0.1) is 0 Å². The van der Waals surface area contributed by atoms with E-state index in [0.717, 1.165) is 0 Å². The predicted molar refractivity (Wildman–Crippen MR) is 60.0 cm³/mol. The molecule has 17 heavy (non-hydrogen) atoms. The molecule has 0 aliphatic carbocycles. The minimum absolute atomic E-state index is 0.131. The fraction of sp³-hybridized carbons (Fsp3) is 0.700. The standard InChI is InChI=1S/C10H16N2O4S/c1-7-10(8(2)16-11-7)17(14,15)12-5-3-4-9(13)6-12/h9,13H,3-6H2,1-2H3/t9-/m0/s1. The third-order valence-corrected chi connectivity index (χ3v) is 5.04. The summed E-state index contributed by atoms with van der Waals surface area (Å²) in [6, 6.07) is 0. The molecule has 0 bridgehead atoms. The number of sulfonamides is 1. The molecule has 2 rings (SSSR count). The zero-order chi connectivity index (χ0) is 12.6. The van der Waals surface area contributed by atoms with Crippen molar-refractivity contribution in [1.29, 1.82) is 0 Å². The fourth-order valence-corrected chi connectivity index (χ4v) is 3.92. The summed E-state index contributed by atoms with van der Waals surface area (Å²) in [7, 11) is -3.60. The summed E-state index contributed by atoms with van der Waals surface area (Å²) in [6.07, 6.45) is 0.733. The maximum Gasteiger partial charge on any atom is 0.248 e. The van der Waals surface area contributed by atoms with Crippen LogP contribution in [0, 0.1) is 13.8 Å². The van der Waals surface area contributed by atoms with Gasteiger partial charge in [0.25, 0.3) is 0 Å². The van der Waals surface area contributed by atoms with Gasteiger partial charge in [-0.25, -0.2) is 8.42 Å². The highest BCUT2D eigenvalue weighted by molar-refractivity contribution is 7.89. The Hall–Kier alpha value is -0.920. The fourth-order valence-electron chi connectivity index (χ4n) is 2.11. The second-order valence-electron chi connectivity index (χ2n) is 4.31. The first kappa shape index (κ1) is 12.5. The zero-order valence-corrected chi connectivity index (χ0v) is 10.7. The van der Waals surface area contributed by atoms with Crippen molar-refractivity contribution in [1.82, 2.24) is 9.46 Å². The van der Waals surface area contributed by atoms with Gasteiger partial charge >= 0.3 is 0 Å². The van der Waals surface area contributed by atoms with E-state index in [4.69, 9.17) is 4.52 Å². The summed E-state index contributed by atoms with van der Waals surface area (Å²) in [5, 5.41) is 13.2. The molecule has 96 valence electrons. The lowest BCUT2D eigenvalue weighted by molar-refractivity contribution is 0.108.